The van der Waals surface area contributed by atoms with Gasteiger partial charge in [-0.15, -0.1) is 0 Å². The van der Waals surface area contributed by atoms with Gasteiger partial charge in [-0.1, -0.05) is 6.42 Å². The smallest absolute Gasteiger partial charge is 0.230 e. The Labute approximate surface area is 116 Å². The highest BCUT2D eigenvalue weighted by Crippen LogP contribution is 2.23. The molecule has 0 saturated carbocycles. The van der Waals surface area contributed by atoms with E-state index in [4.69, 9.17) is 5.26 Å². The number of hydrogen-bond acceptors (Lipinski definition) is 4. The second-order valence-corrected chi connectivity index (χ2v) is 7.80. The van der Waals surface area contributed by atoms with Gasteiger partial charge < -0.3 is 4.90 Å². The van der Waals surface area contributed by atoms with Gasteiger partial charge in [-0.05, 0) is 45.7 Å². The standard InChI is InChI=1S/C13H23N3O2S/c1-12(11-14)19(17,18)16-9-5-13(6-10-16)15-7-3-2-4-8-15/h12-13H,2-10H2,1H3. The van der Waals surface area contributed by atoms with Crippen LogP contribution in [-0.2, 0) is 10.0 Å². The van der Waals surface area contributed by atoms with Crippen molar-refractivity contribution in [2.24, 2.45) is 0 Å². The Morgan fingerprint density at radius 2 is 1.68 bits per heavy atom. The molecule has 0 aromatic carbocycles. The summed E-state index contributed by atoms with van der Waals surface area (Å²) in [6, 6.07) is 2.37. The van der Waals surface area contributed by atoms with Gasteiger partial charge in [0.2, 0.25) is 10.0 Å². The van der Waals surface area contributed by atoms with Crippen LogP contribution in [0.2, 0.25) is 0 Å². The molecule has 0 radical (unpaired) electrons. The van der Waals surface area contributed by atoms with Crippen LogP contribution in [0.5, 0.6) is 0 Å². The first-order valence-electron chi connectivity index (χ1n) is 7.18. The molecule has 1 unspecified atom stereocenters. The van der Waals surface area contributed by atoms with E-state index in [1.165, 1.54) is 30.5 Å². The lowest BCUT2D eigenvalue weighted by Crippen LogP contribution is -2.49. The topological polar surface area (TPSA) is 64.4 Å². The fourth-order valence-corrected chi connectivity index (χ4v) is 4.34. The highest BCUT2D eigenvalue weighted by molar-refractivity contribution is 7.89. The predicted octanol–water partition coefficient (Wildman–Crippen LogP) is 1.18. The number of sulfonamides is 1. The van der Waals surface area contributed by atoms with Crippen LogP contribution < -0.4 is 0 Å². The minimum Gasteiger partial charge on any atom is -0.300 e. The van der Waals surface area contributed by atoms with Crippen LogP contribution in [0, 0.1) is 11.3 Å². The summed E-state index contributed by atoms with van der Waals surface area (Å²) in [6.07, 6.45) is 5.66. The third kappa shape index (κ3) is 3.28. The monoisotopic (exact) mass is 285 g/mol. The Morgan fingerprint density at radius 1 is 1.11 bits per heavy atom. The molecule has 2 aliphatic heterocycles. The maximum Gasteiger partial charge on any atom is 0.230 e. The Balaban J connectivity index is 1.90. The lowest BCUT2D eigenvalue weighted by Gasteiger charge is -2.39. The van der Waals surface area contributed by atoms with Gasteiger partial charge in [-0.2, -0.15) is 5.26 Å². The molecule has 2 heterocycles. The molecule has 0 amide bonds. The van der Waals surface area contributed by atoms with E-state index in [0.29, 0.717) is 19.1 Å². The van der Waals surface area contributed by atoms with Crippen molar-refractivity contribution in [1.82, 2.24) is 9.21 Å². The SMILES string of the molecule is CC(C#N)S(=O)(=O)N1CCC(N2CCCCC2)CC1. The van der Waals surface area contributed by atoms with Crippen LogP contribution >= 0.6 is 0 Å². The molecule has 0 bridgehead atoms. The maximum atomic E-state index is 12.1. The molecule has 0 aromatic rings. The summed E-state index contributed by atoms with van der Waals surface area (Å²) in [5.74, 6) is 0. The van der Waals surface area contributed by atoms with Crippen molar-refractivity contribution >= 4 is 10.0 Å². The van der Waals surface area contributed by atoms with E-state index >= 15 is 0 Å². The predicted molar refractivity (Wildman–Crippen MR) is 74.0 cm³/mol. The van der Waals surface area contributed by atoms with Crippen LogP contribution in [0.4, 0.5) is 0 Å². The fourth-order valence-electron chi connectivity index (χ4n) is 3.04. The van der Waals surface area contributed by atoms with E-state index in [1.807, 2.05) is 6.07 Å². The highest BCUT2D eigenvalue weighted by atomic mass is 32.2. The molecule has 2 fully saturated rings. The van der Waals surface area contributed by atoms with Gasteiger partial charge in [0.25, 0.3) is 0 Å². The lowest BCUT2D eigenvalue weighted by atomic mass is 10.0. The number of likely N-dealkylation sites (tertiary alicyclic amines) is 1. The molecular weight excluding hydrogens is 262 g/mol. The quantitative estimate of drug-likeness (QED) is 0.781. The second kappa shape index (κ2) is 6.21. The lowest BCUT2D eigenvalue weighted by molar-refractivity contribution is 0.117. The van der Waals surface area contributed by atoms with Gasteiger partial charge in [0.05, 0.1) is 6.07 Å². The summed E-state index contributed by atoms with van der Waals surface area (Å²) in [5, 5.41) is 7.86. The molecule has 2 aliphatic rings. The fraction of sp³-hybridized carbons (Fsp3) is 0.923. The first-order chi connectivity index (χ1) is 9.05. The van der Waals surface area contributed by atoms with Crippen molar-refractivity contribution in [3.05, 3.63) is 0 Å². The third-order valence-corrected chi connectivity index (χ3v) is 6.40. The molecule has 5 nitrogen and oxygen atoms in total. The van der Waals surface area contributed by atoms with E-state index in [1.54, 1.807) is 0 Å². The Morgan fingerprint density at radius 3 is 2.21 bits per heavy atom. The van der Waals surface area contributed by atoms with Gasteiger partial charge >= 0.3 is 0 Å². The number of hydrogen-bond donors (Lipinski definition) is 0. The average Bonchev–Trinajstić information content (AvgIpc) is 2.47. The number of nitrogens with zero attached hydrogens (tertiary/aromatic N) is 3. The van der Waals surface area contributed by atoms with Gasteiger partial charge in [0.15, 0.2) is 5.25 Å². The van der Waals surface area contributed by atoms with Gasteiger partial charge in [0, 0.05) is 19.1 Å². The van der Waals surface area contributed by atoms with Gasteiger partial charge in [-0.25, -0.2) is 12.7 Å². The zero-order valence-electron chi connectivity index (χ0n) is 11.6. The summed E-state index contributed by atoms with van der Waals surface area (Å²) in [5.41, 5.74) is 0. The van der Waals surface area contributed by atoms with Crippen molar-refractivity contribution in [3.8, 4) is 6.07 Å². The van der Waals surface area contributed by atoms with Crippen molar-refractivity contribution < 1.29 is 8.42 Å². The molecule has 1 atom stereocenters. The molecule has 2 saturated heterocycles. The number of nitriles is 1. The number of rotatable bonds is 3. The van der Waals surface area contributed by atoms with Crippen LogP contribution in [0.15, 0.2) is 0 Å². The van der Waals surface area contributed by atoms with Crippen molar-refractivity contribution in [3.63, 3.8) is 0 Å². The summed E-state index contributed by atoms with van der Waals surface area (Å²) in [7, 11) is -3.41. The first-order valence-corrected chi connectivity index (χ1v) is 8.68. The average molecular weight is 285 g/mol. The minimum absolute atomic E-state index is 0.532. The summed E-state index contributed by atoms with van der Waals surface area (Å²) in [6.45, 7) is 4.91. The van der Waals surface area contributed by atoms with Crippen molar-refractivity contribution in [1.29, 1.82) is 5.26 Å². The van der Waals surface area contributed by atoms with E-state index in [-0.39, 0.29) is 0 Å². The zero-order valence-corrected chi connectivity index (χ0v) is 12.4. The molecular formula is C13H23N3O2S. The number of piperidine rings is 2. The van der Waals surface area contributed by atoms with Gasteiger partial charge in [0.1, 0.15) is 0 Å². The third-order valence-electron chi connectivity index (χ3n) is 4.32. The Hall–Kier alpha value is -0.640. The van der Waals surface area contributed by atoms with Crippen LogP contribution in [0.1, 0.15) is 39.0 Å². The molecule has 0 N–H and O–H groups in total. The molecule has 6 heteroatoms. The summed E-state index contributed by atoms with van der Waals surface area (Å²) in [4.78, 5) is 2.52. The molecule has 0 aliphatic carbocycles. The van der Waals surface area contributed by atoms with Crippen molar-refractivity contribution in [2.75, 3.05) is 26.2 Å². The zero-order chi connectivity index (χ0) is 13.9. The van der Waals surface area contributed by atoms with Crippen LogP contribution in [-0.4, -0.2) is 55.1 Å². The maximum absolute atomic E-state index is 12.1. The Kier molecular flexibility index (Phi) is 4.82. The first kappa shape index (κ1) is 14.8. The minimum atomic E-state index is -3.41. The van der Waals surface area contributed by atoms with E-state index in [2.05, 4.69) is 4.90 Å². The second-order valence-electron chi connectivity index (χ2n) is 5.54. The van der Waals surface area contributed by atoms with Crippen molar-refractivity contribution in [2.45, 2.75) is 50.3 Å². The van der Waals surface area contributed by atoms with Crippen LogP contribution in [0.25, 0.3) is 0 Å². The van der Waals surface area contributed by atoms with Gasteiger partial charge in [-0.3, -0.25) is 0 Å². The Bertz CT molecular complexity index is 429. The normalized spacial score (nSPS) is 25.9. The molecule has 0 aromatic heterocycles. The molecule has 108 valence electrons. The molecule has 0 spiro atoms. The summed E-state index contributed by atoms with van der Waals surface area (Å²) >= 11 is 0. The van der Waals surface area contributed by atoms with Crippen LogP contribution in [0.3, 0.4) is 0 Å². The molecule has 2 rings (SSSR count). The van der Waals surface area contributed by atoms with E-state index in [0.717, 1.165) is 25.9 Å². The molecule has 19 heavy (non-hydrogen) atoms. The van der Waals surface area contributed by atoms with E-state index in [9.17, 15) is 8.42 Å². The summed E-state index contributed by atoms with van der Waals surface area (Å²) < 4.78 is 25.7. The largest absolute Gasteiger partial charge is 0.300 e. The van der Waals surface area contributed by atoms with E-state index < -0.39 is 15.3 Å². The highest BCUT2D eigenvalue weighted by Gasteiger charge is 2.33.